The summed E-state index contributed by atoms with van der Waals surface area (Å²) in [6, 6.07) is 4.00. The quantitative estimate of drug-likeness (QED) is 0.740. The van der Waals surface area contributed by atoms with Crippen molar-refractivity contribution in [2.24, 2.45) is 0 Å². The van der Waals surface area contributed by atoms with Crippen molar-refractivity contribution >= 4 is 5.78 Å². The first-order valence-electron chi connectivity index (χ1n) is 5.46. The molecule has 1 unspecified atom stereocenters. The summed E-state index contributed by atoms with van der Waals surface area (Å²) in [6.07, 6.45) is 1.54. The second-order valence-electron chi connectivity index (χ2n) is 4.16. The van der Waals surface area contributed by atoms with Crippen LogP contribution in [0.5, 0.6) is 5.75 Å². The van der Waals surface area contributed by atoms with Gasteiger partial charge in [-0.2, -0.15) is 0 Å². The van der Waals surface area contributed by atoms with Crippen molar-refractivity contribution in [1.29, 1.82) is 0 Å². The molecule has 0 bridgehead atoms. The van der Waals surface area contributed by atoms with Gasteiger partial charge in [0.2, 0.25) is 5.78 Å². The van der Waals surface area contributed by atoms with Crippen molar-refractivity contribution in [3.63, 3.8) is 0 Å². The maximum Gasteiger partial charge on any atom is 0.207 e. The fourth-order valence-corrected chi connectivity index (χ4v) is 2.05. The van der Waals surface area contributed by atoms with Gasteiger partial charge in [0.15, 0.2) is 6.10 Å². The Balaban J connectivity index is 2.44. The molecular weight excluding hydrogens is 188 g/mol. The highest BCUT2D eigenvalue weighted by Crippen LogP contribution is 2.35. The van der Waals surface area contributed by atoms with Crippen LogP contribution >= 0.6 is 0 Å². The highest BCUT2D eigenvalue weighted by molar-refractivity contribution is 6.06. The standard InChI is InChI=1S/C13H16O2/c1-4-5-10-12(14)11-8(2)6-7-9(3)13(11)15-10/h6-7,10H,4-5H2,1-3H3. The molecule has 0 radical (unpaired) electrons. The Labute approximate surface area is 90.3 Å². The molecule has 15 heavy (non-hydrogen) atoms. The summed E-state index contributed by atoms with van der Waals surface area (Å²) in [5.74, 6) is 0.964. The van der Waals surface area contributed by atoms with Gasteiger partial charge in [0.1, 0.15) is 5.75 Å². The molecule has 0 aromatic heterocycles. The Kier molecular flexibility index (Phi) is 2.51. The minimum absolute atomic E-state index is 0.160. The van der Waals surface area contributed by atoms with Gasteiger partial charge in [-0.25, -0.2) is 0 Å². The molecule has 1 atom stereocenters. The lowest BCUT2D eigenvalue weighted by Crippen LogP contribution is -2.20. The van der Waals surface area contributed by atoms with Gasteiger partial charge in [-0.3, -0.25) is 4.79 Å². The lowest BCUT2D eigenvalue weighted by atomic mass is 9.99. The van der Waals surface area contributed by atoms with E-state index in [-0.39, 0.29) is 11.9 Å². The Bertz CT molecular complexity index is 407. The van der Waals surface area contributed by atoms with Crippen molar-refractivity contribution in [3.8, 4) is 5.75 Å². The molecule has 0 fully saturated rings. The highest BCUT2D eigenvalue weighted by atomic mass is 16.5. The zero-order chi connectivity index (χ0) is 11.0. The van der Waals surface area contributed by atoms with Crippen LogP contribution in [-0.2, 0) is 0 Å². The van der Waals surface area contributed by atoms with E-state index in [1.165, 1.54) is 0 Å². The number of fused-ring (bicyclic) bond motifs is 1. The third kappa shape index (κ3) is 1.54. The summed E-state index contributed by atoms with van der Waals surface area (Å²) < 4.78 is 5.72. The maximum absolute atomic E-state index is 12.0. The molecule has 2 nitrogen and oxygen atoms in total. The van der Waals surface area contributed by atoms with E-state index < -0.39 is 0 Å². The minimum Gasteiger partial charge on any atom is -0.481 e. The largest absolute Gasteiger partial charge is 0.481 e. The third-order valence-electron chi connectivity index (χ3n) is 2.91. The monoisotopic (exact) mass is 204 g/mol. The number of ether oxygens (including phenoxy) is 1. The maximum atomic E-state index is 12.0. The van der Waals surface area contributed by atoms with E-state index >= 15 is 0 Å². The molecule has 0 amide bonds. The molecule has 1 aromatic rings. The van der Waals surface area contributed by atoms with E-state index in [1.54, 1.807) is 0 Å². The molecule has 1 aliphatic heterocycles. The predicted octanol–water partition coefficient (Wildman–Crippen LogP) is 3.05. The Morgan fingerprint density at radius 3 is 2.53 bits per heavy atom. The van der Waals surface area contributed by atoms with Gasteiger partial charge < -0.3 is 4.74 Å². The van der Waals surface area contributed by atoms with Crippen LogP contribution in [0.1, 0.15) is 41.3 Å². The van der Waals surface area contributed by atoms with Gasteiger partial charge >= 0.3 is 0 Å². The summed E-state index contributed by atoms with van der Waals surface area (Å²) in [6.45, 7) is 6.02. The number of carbonyl (C=O) groups is 1. The summed E-state index contributed by atoms with van der Waals surface area (Å²) in [5, 5.41) is 0. The second kappa shape index (κ2) is 3.69. The molecule has 0 saturated heterocycles. The van der Waals surface area contributed by atoms with Crippen LogP contribution in [0.3, 0.4) is 0 Å². The van der Waals surface area contributed by atoms with Crippen LogP contribution in [0.15, 0.2) is 12.1 Å². The molecule has 0 aliphatic carbocycles. The number of aryl methyl sites for hydroxylation is 2. The van der Waals surface area contributed by atoms with Gasteiger partial charge in [0.05, 0.1) is 5.56 Å². The van der Waals surface area contributed by atoms with E-state index in [1.807, 2.05) is 26.0 Å². The van der Waals surface area contributed by atoms with Crippen molar-refractivity contribution < 1.29 is 9.53 Å². The van der Waals surface area contributed by atoms with E-state index in [0.29, 0.717) is 0 Å². The number of hydrogen-bond donors (Lipinski definition) is 0. The second-order valence-corrected chi connectivity index (χ2v) is 4.16. The lowest BCUT2D eigenvalue weighted by molar-refractivity contribution is 0.0844. The van der Waals surface area contributed by atoms with E-state index in [9.17, 15) is 4.79 Å². The number of ketones is 1. The van der Waals surface area contributed by atoms with Crippen LogP contribution in [0, 0.1) is 13.8 Å². The topological polar surface area (TPSA) is 26.3 Å². The lowest BCUT2D eigenvalue weighted by Gasteiger charge is -2.07. The summed E-state index contributed by atoms with van der Waals surface area (Å²) in [4.78, 5) is 12.0. The Morgan fingerprint density at radius 1 is 1.27 bits per heavy atom. The van der Waals surface area contributed by atoms with Crippen LogP contribution in [0.25, 0.3) is 0 Å². The average molecular weight is 204 g/mol. The molecule has 1 aliphatic rings. The molecular formula is C13H16O2. The van der Waals surface area contributed by atoms with Crippen LogP contribution in [0.4, 0.5) is 0 Å². The van der Waals surface area contributed by atoms with Crippen molar-refractivity contribution in [1.82, 2.24) is 0 Å². The molecule has 1 aromatic carbocycles. The predicted molar refractivity (Wildman–Crippen MR) is 59.6 cm³/mol. The summed E-state index contributed by atoms with van der Waals surface area (Å²) >= 11 is 0. The third-order valence-corrected chi connectivity index (χ3v) is 2.91. The number of rotatable bonds is 2. The summed E-state index contributed by atoms with van der Waals surface area (Å²) in [5.41, 5.74) is 2.88. The zero-order valence-electron chi connectivity index (χ0n) is 9.46. The smallest absolute Gasteiger partial charge is 0.207 e. The highest BCUT2D eigenvalue weighted by Gasteiger charge is 2.33. The van der Waals surface area contributed by atoms with E-state index in [0.717, 1.165) is 35.3 Å². The van der Waals surface area contributed by atoms with Crippen LogP contribution < -0.4 is 4.74 Å². The Morgan fingerprint density at radius 2 is 1.93 bits per heavy atom. The van der Waals surface area contributed by atoms with Gasteiger partial charge in [-0.15, -0.1) is 0 Å². The number of hydrogen-bond acceptors (Lipinski definition) is 2. The fourth-order valence-electron chi connectivity index (χ4n) is 2.05. The Hall–Kier alpha value is -1.31. The molecule has 2 heteroatoms. The average Bonchev–Trinajstić information content (AvgIpc) is 2.53. The van der Waals surface area contributed by atoms with Gasteiger partial charge in [-0.1, -0.05) is 25.5 Å². The molecule has 0 spiro atoms. The molecule has 0 saturated carbocycles. The first-order valence-corrected chi connectivity index (χ1v) is 5.46. The van der Waals surface area contributed by atoms with Gasteiger partial charge in [0, 0.05) is 0 Å². The first-order chi connectivity index (χ1) is 7.15. The molecule has 1 heterocycles. The normalized spacial score (nSPS) is 18.9. The molecule has 2 rings (SSSR count). The van der Waals surface area contributed by atoms with E-state index in [4.69, 9.17) is 4.74 Å². The number of Topliss-reactive ketones (excluding diaryl/α,β-unsaturated/α-hetero) is 1. The number of carbonyl (C=O) groups excluding carboxylic acids is 1. The van der Waals surface area contributed by atoms with Crippen molar-refractivity contribution in [2.45, 2.75) is 39.7 Å². The van der Waals surface area contributed by atoms with E-state index in [2.05, 4.69) is 6.92 Å². The molecule has 0 N–H and O–H groups in total. The first kappa shape index (κ1) is 10.2. The van der Waals surface area contributed by atoms with Crippen molar-refractivity contribution in [2.75, 3.05) is 0 Å². The summed E-state index contributed by atoms with van der Waals surface area (Å²) in [7, 11) is 0. The van der Waals surface area contributed by atoms with Gasteiger partial charge in [0.25, 0.3) is 0 Å². The van der Waals surface area contributed by atoms with Crippen molar-refractivity contribution in [3.05, 3.63) is 28.8 Å². The molecule has 80 valence electrons. The fraction of sp³-hybridized carbons (Fsp3) is 0.462. The SMILES string of the molecule is CCCC1Oc2c(C)ccc(C)c2C1=O. The van der Waals surface area contributed by atoms with Crippen LogP contribution in [-0.4, -0.2) is 11.9 Å². The zero-order valence-corrected chi connectivity index (χ0v) is 9.46. The number of benzene rings is 1. The minimum atomic E-state index is -0.246. The van der Waals surface area contributed by atoms with Gasteiger partial charge in [-0.05, 0) is 31.4 Å². The van der Waals surface area contributed by atoms with Crippen LogP contribution in [0.2, 0.25) is 0 Å².